The fraction of sp³-hybridized carbons (Fsp3) is 0.250. The van der Waals surface area contributed by atoms with Gasteiger partial charge in [0.1, 0.15) is 12.3 Å². The summed E-state index contributed by atoms with van der Waals surface area (Å²) >= 11 is 12.1. The normalized spacial score (nSPS) is 16.8. The van der Waals surface area contributed by atoms with Crippen molar-refractivity contribution in [3.8, 4) is 11.5 Å². The summed E-state index contributed by atoms with van der Waals surface area (Å²) in [5.41, 5.74) is 0.689. The van der Waals surface area contributed by atoms with E-state index in [0.29, 0.717) is 16.3 Å². The zero-order valence-electron chi connectivity index (χ0n) is 15.5. The van der Waals surface area contributed by atoms with Crippen molar-refractivity contribution >= 4 is 41.1 Å². The maximum atomic E-state index is 13.0. The Hall–Kier alpha value is -2.77. The highest BCUT2D eigenvalue weighted by Crippen LogP contribution is 2.27. The molecule has 2 aromatic carbocycles. The number of rotatable bonds is 4. The average Bonchev–Trinajstić information content (AvgIpc) is 2.83. The molecule has 1 aliphatic rings. The molecule has 1 heterocycles. The summed E-state index contributed by atoms with van der Waals surface area (Å²) in [5, 5.41) is 3.35. The Kier molecular flexibility index (Phi) is 6.61. The van der Waals surface area contributed by atoms with E-state index in [2.05, 4.69) is 5.32 Å². The van der Waals surface area contributed by atoms with Crippen LogP contribution in [0.25, 0.3) is 0 Å². The largest absolute Gasteiger partial charge is 0.496 e. The average molecular weight is 437 g/mol. The van der Waals surface area contributed by atoms with E-state index in [1.165, 1.54) is 13.2 Å². The third kappa shape index (κ3) is 4.99. The van der Waals surface area contributed by atoms with Crippen molar-refractivity contribution in [2.45, 2.75) is 6.42 Å². The number of nitrogens with one attached hydrogen (secondary N) is 1. The van der Waals surface area contributed by atoms with E-state index in [-0.39, 0.29) is 23.7 Å². The molecule has 9 heteroatoms. The number of benzene rings is 2. The van der Waals surface area contributed by atoms with E-state index in [1.807, 2.05) is 0 Å². The SMILES string of the molecule is COc1ccc(Cl)cc1CC1CNC(=O)CN(C(=O)Oc2ccccc2Cl)C1=O. The van der Waals surface area contributed by atoms with Crippen molar-refractivity contribution in [2.24, 2.45) is 5.92 Å². The lowest BCUT2D eigenvalue weighted by Crippen LogP contribution is -2.44. The molecule has 1 unspecified atom stereocenters. The number of halogens is 2. The first-order valence-corrected chi connectivity index (χ1v) is 9.51. The standard InChI is InChI=1S/C20H18Cl2N2O5/c1-28-16-7-6-14(21)9-12(16)8-13-10-23-18(25)11-24(19(13)26)20(27)29-17-5-3-2-4-15(17)22/h2-7,9,13H,8,10-11H2,1H3,(H,23,25). The van der Waals surface area contributed by atoms with Gasteiger partial charge in [0.05, 0.1) is 18.1 Å². The molecule has 0 aliphatic carbocycles. The molecule has 152 valence electrons. The number of carbonyl (C=O) groups is 3. The summed E-state index contributed by atoms with van der Waals surface area (Å²) in [4.78, 5) is 38.5. The minimum Gasteiger partial charge on any atom is -0.496 e. The van der Waals surface area contributed by atoms with Gasteiger partial charge in [-0.05, 0) is 42.3 Å². The van der Waals surface area contributed by atoms with Crippen LogP contribution in [0.15, 0.2) is 42.5 Å². The van der Waals surface area contributed by atoms with Gasteiger partial charge in [0.15, 0.2) is 5.75 Å². The summed E-state index contributed by atoms with van der Waals surface area (Å²) in [6.07, 6.45) is -0.748. The van der Waals surface area contributed by atoms with Gasteiger partial charge in [-0.1, -0.05) is 35.3 Å². The molecule has 0 radical (unpaired) electrons. The molecule has 0 aromatic heterocycles. The van der Waals surface area contributed by atoms with Crippen LogP contribution in [0.2, 0.25) is 10.0 Å². The highest BCUT2D eigenvalue weighted by atomic mass is 35.5. The highest BCUT2D eigenvalue weighted by Gasteiger charge is 2.35. The molecule has 0 spiro atoms. The Morgan fingerprint density at radius 3 is 2.66 bits per heavy atom. The number of carbonyl (C=O) groups excluding carboxylic acids is 3. The molecule has 3 amide bonds. The molecule has 2 aromatic rings. The molecular weight excluding hydrogens is 419 g/mol. The predicted molar refractivity (Wildman–Crippen MR) is 107 cm³/mol. The molecule has 3 rings (SSSR count). The van der Waals surface area contributed by atoms with Crippen LogP contribution >= 0.6 is 23.2 Å². The van der Waals surface area contributed by atoms with Gasteiger partial charge in [-0.2, -0.15) is 0 Å². The Morgan fingerprint density at radius 1 is 1.17 bits per heavy atom. The second kappa shape index (κ2) is 9.15. The van der Waals surface area contributed by atoms with Gasteiger partial charge in [-0.25, -0.2) is 9.69 Å². The van der Waals surface area contributed by atoms with Gasteiger partial charge in [0, 0.05) is 11.6 Å². The van der Waals surface area contributed by atoms with Gasteiger partial charge in [0.25, 0.3) is 0 Å². The Labute approximate surface area is 177 Å². The lowest BCUT2D eigenvalue weighted by molar-refractivity contribution is -0.134. The second-order valence-electron chi connectivity index (χ2n) is 6.38. The molecule has 29 heavy (non-hydrogen) atoms. The van der Waals surface area contributed by atoms with Crippen LogP contribution in [-0.4, -0.2) is 43.0 Å². The van der Waals surface area contributed by atoms with E-state index in [0.717, 1.165) is 4.90 Å². The van der Waals surface area contributed by atoms with Crippen LogP contribution in [0.1, 0.15) is 5.56 Å². The van der Waals surface area contributed by atoms with Crippen molar-refractivity contribution in [2.75, 3.05) is 20.2 Å². The summed E-state index contributed by atoms with van der Waals surface area (Å²) < 4.78 is 10.5. The molecule has 0 bridgehead atoms. The Bertz CT molecular complexity index is 950. The van der Waals surface area contributed by atoms with Gasteiger partial charge in [0.2, 0.25) is 11.8 Å². The number of amides is 3. The maximum absolute atomic E-state index is 13.0. The van der Waals surface area contributed by atoms with Crippen molar-refractivity contribution in [3.05, 3.63) is 58.1 Å². The van der Waals surface area contributed by atoms with E-state index >= 15 is 0 Å². The van der Waals surface area contributed by atoms with E-state index in [1.54, 1.807) is 36.4 Å². The molecule has 1 fully saturated rings. The smallest absolute Gasteiger partial charge is 0.422 e. The first-order chi connectivity index (χ1) is 13.9. The summed E-state index contributed by atoms with van der Waals surface area (Å²) in [6, 6.07) is 11.4. The van der Waals surface area contributed by atoms with Gasteiger partial charge in [-0.3, -0.25) is 9.59 Å². The fourth-order valence-electron chi connectivity index (χ4n) is 2.98. The highest BCUT2D eigenvalue weighted by molar-refractivity contribution is 6.32. The summed E-state index contributed by atoms with van der Waals surface area (Å²) in [5.74, 6) is -1.04. The van der Waals surface area contributed by atoms with E-state index < -0.39 is 30.4 Å². The number of hydrogen-bond donors (Lipinski definition) is 1. The van der Waals surface area contributed by atoms with Gasteiger partial charge < -0.3 is 14.8 Å². The Balaban J connectivity index is 1.82. The van der Waals surface area contributed by atoms with Crippen LogP contribution in [0.5, 0.6) is 11.5 Å². The first kappa shape index (κ1) is 21.0. The van der Waals surface area contributed by atoms with Crippen LogP contribution < -0.4 is 14.8 Å². The molecule has 1 atom stereocenters. The number of nitrogens with zero attached hydrogens (tertiary/aromatic N) is 1. The monoisotopic (exact) mass is 436 g/mol. The molecule has 0 saturated carbocycles. The van der Waals surface area contributed by atoms with Crippen molar-refractivity contribution in [1.29, 1.82) is 0 Å². The zero-order valence-corrected chi connectivity index (χ0v) is 17.0. The summed E-state index contributed by atoms with van der Waals surface area (Å²) in [7, 11) is 1.51. The number of para-hydroxylation sites is 1. The van der Waals surface area contributed by atoms with Crippen molar-refractivity contribution < 1.29 is 23.9 Å². The van der Waals surface area contributed by atoms with Crippen LogP contribution in [0, 0.1) is 5.92 Å². The quantitative estimate of drug-likeness (QED) is 0.794. The van der Waals surface area contributed by atoms with E-state index in [9.17, 15) is 14.4 Å². The molecule has 7 nitrogen and oxygen atoms in total. The molecule has 1 N–H and O–H groups in total. The summed E-state index contributed by atoms with van der Waals surface area (Å²) in [6.45, 7) is -0.367. The predicted octanol–water partition coefficient (Wildman–Crippen LogP) is 3.32. The molecule has 1 aliphatic heterocycles. The van der Waals surface area contributed by atoms with Crippen molar-refractivity contribution in [1.82, 2.24) is 10.2 Å². The lowest BCUT2D eigenvalue weighted by atomic mass is 9.97. The fourth-order valence-corrected chi connectivity index (χ4v) is 3.35. The van der Waals surface area contributed by atoms with Gasteiger partial charge in [-0.15, -0.1) is 0 Å². The minimum atomic E-state index is -0.969. The van der Waals surface area contributed by atoms with Crippen molar-refractivity contribution in [3.63, 3.8) is 0 Å². The first-order valence-electron chi connectivity index (χ1n) is 8.76. The number of imide groups is 1. The Morgan fingerprint density at radius 2 is 1.93 bits per heavy atom. The number of ether oxygens (including phenoxy) is 2. The maximum Gasteiger partial charge on any atom is 0.422 e. The molecule has 1 saturated heterocycles. The topological polar surface area (TPSA) is 84.9 Å². The second-order valence-corrected chi connectivity index (χ2v) is 7.23. The van der Waals surface area contributed by atoms with Crippen LogP contribution in [-0.2, 0) is 16.0 Å². The lowest BCUT2D eigenvalue weighted by Gasteiger charge is -2.21. The number of hydrogen-bond acceptors (Lipinski definition) is 5. The molecular formula is C20H18Cl2N2O5. The number of methoxy groups -OCH3 is 1. The zero-order chi connectivity index (χ0) is 21.0. The van der Waals surface area contributed by atoms with Crippen LogP contribution in [0.4, 0.5) is 4.79 Å². The third-order valence-corrected chi connectivity index (χ3v) is 4.97. The van der Waals surface area contributed by atoms with E-state index in [4.69, 9.17) is 32.7 Å². The third-order valence-electron chi connectivity index (χ3n) is 4.43. The van der Waals surface area contributed by atoms with Crippen LogP contribution in [0.3, 0.4) is 0 Å². The van der Waals surface area contributed by atoms with Gasteiger partial charge >= 0.3 is 6.09 Å². The minimum absolute atomic E-state index is 0.0726.